The SMILES string of the molecule is COc1ccc([C@@H](c2ccc(OC)c(OC)c2)[C@H](C)[C@@H](C)C=O)cc1. The summed E-state index contributed by atoms with van der Waals surface area (Å²) in [5.41, 5.74) is 2.22. The fourth-order valence-electron chi connectivity index (χ4n) is 3.08. The van der Waals surface area contributed by atoms with Crippen molar-refractivity contribution < 1.29 is 19.0 Å². The van der Waals surface area contributed by atoms with Crippen molar-refractivity contribution in [3.63, 3.8) is 0 Å². The second-order valence-electron chi connectivity index (χ2n) is 6.22. The summed E-state index contributed by atoms with van der Waals surface area (Å²) in [6, 6.07) is 13.9. The summed E-state index contributed by atoms with van der Waals surface area (Å²) < 4.78 is 16.0. The highest BCUT2D eigenvalue weighted by Crippen LogP contribution is 2.39. The summed E-state index contributed by atoms with van der Waals surface area (Å²) in [7, 11) is 4.90. The van der Waals surface area contributed by atoms with E-state index in [2.05, 4.69) is 6.92 Å². The van der Waals surface area contributed by atoms with Crippen molar-refractivity contribution in [2.24, 2.45) is 11.8 Å². The standard InChI is InChI=1S/C21H26O4/c1-14(13-22)15(2)21(16-6-9-18(23-3)10-7-16)17-8-11-19(24-4)20(12-17)25-5/h6-15,21H,1-5H3/t14-,15+,21-/m0/s1. The van der Waals surface area contributed by atoms with E-state index in [0.717, 1.165) is 23.2 Å². The van der Waals surface area contributed by atoms with Gasteiger partial charge in [-0.15, -0.1) is 0 Å². The van der Waals surface area contributed by atoms with Gasteiger partial charge in [-0.2, -0.15) is 0 Å². The lowest BCUT2D eigenvalue weighted by molar-refractivity contribution is -0.111. The molecule has 0 spiro atoms. The van der Waals surface area contributed by atoms with Crippen molar-refractivity contribution in [1.29, 1.82) is 0 Å². The molecule has 0 aliphatic rings. The molecule has 4 nitrogen and oxygen atoms in total. The second-order valence-corrected chi connectivity index (χ2v) is 6.22. The molecular weight excluding hydrogens is 316 g/mol. The first-order valence-electron chi connectivity index (χ1n) is 8.36. The van der Waals surface area contributed by atoms with Crippen LogP contribution in [-0.2, 0) is 4.79 Å². The van der Waals surface area contributed by atoms with Crippen LogP contribution in [0.1, 0.15) is 30.9 Å². The lowest BCUT2D eigenvalue weighted by Crippen LogP contribution is -2.19. The van der Waals surface area contributed by atoms with Crippen molar-refractivity contribution in [2.75, 3.05) is 21.3 Å². The molecule has 0 aliphatic heterocycles. The number of ether oxygens (including phenoxy) is 3. The van der Waals surface area contributed by atoms with Crippen molar-refractivity contribution in [1.82, 2.24) is 0 Å². The Morgan fingerprint density at radius 2 is 1.40 bits per heavy atom. The predicted octanol–water partition coefficient (Wildman–Crippen LogP) is 4.32. The second kappa shape index (κ2) is 8.56. The number of aldehydes is 1. The fraction of sp³-hybridized carbons (Fsp3) is 0.381. The van der Waals surface area contributed by atoms with Gasteiger partial charge >= 0.3 is 0 Å². The van der Waals surface area contributed by atoms with Crippen LogP contribution in [-0.4, -0.2) is 27.6 Å². The van der Waals surface area contributed by atoms with E-state index in [4.69, 9.17) is 14.2 Å². The molecule has 0 bridgehead atoms. The van der Waals surface area contributed by atoms with Crippen LogP contribution in [0.5, 0.6) is 17.2 Å². The summed E-state index contributed by atoms with van der Waals surface area (Å²) >= 11 is 0. The highest BCUT2D eigenvalue weighted by atomic mass is 16.5. The molecule has 0 radical (unpaired) electrons. The average Bonchev–Trinajstić information content (AvgIpc) is 2.67. The lowest BCUT2D eigenvalue weighted by atomic mass is 9.76. The third-order valence-electron chi connectivity index (χ3n) is 4.81. The third kappa shape index (κ3) is 4.13. The highest BCUT2D eigenvalue weighted by molar-refractivity contribution is 5.55. The van der Waals surface area contributed by atoms with Crippen molar-refractivity contribution in [3.05, 3.63) is 53.6 Å². The maximum absolute atomic E-state index is 11.4. The molecule has 0 saturated carbocycles. The molecule has 3 atom stereocenters. The number of carbonyl (C=O) groups excluding carboxylic acids is 1. The van der Waals surface area contributed by atoms with Crippen LogP contribution in [0, 0.1) is 11.8 Å². The van der Waals surface area contributed by atoms with Crippen molar-refractivity contribution in [3.8, 4) is 17.2 Å². The summed E-state index contributed by atoms with van der Waals surface area (Å²) in [6.07, 6.45) is 1.02. The normalized spacial score (nSPS) is 14.3. The smallest absolute Gasteiger partial charge is 0.161 e. The van der Waals surface area contributed by atoms with Gasteiger partial charge in [0, 0.05) is 11.8 Å². The van der Waals surface area contributed by atoms with E-state index in [-0.39, 0.29) is 17.8 Å². The van der Waals surface area contributed by atoms with Crippen LogP contribution in [0.3, 0.4) is 0 Å². The Morgan fingerprint density at radius 3 is 1.92 bits per heavy atom. The minimum atomic E-state index is -0.0693. The van der Waals surface area contributed by atoms with Gasteiger partial charge in [-0.3, -0.25) is 0 Å². The van der Waals surface area contributed by atoms with E-state index < -0.39 is 0 Å². The monoisotopic (exact) mass is 342 g/mol. The quantitative estimate of drug-likeness (QED) is 0.670. The van der Waals surface area contributed by atoms with Crippen LogP contribution in [0.15, 0.2) is 42.5 Å². The fourth-order valence-corrected chi connectivity index (χ4v) is 3.08. The van der Waals surface area contributed by atoms with Gasteiger partial charge in [-0.05, 0) is 41.3 Å². The summed E-state index contributed by atoms with van der Waals surface area (Å²) in [5, 5.41) is 0. The zero-order chi connectivity index (χ0) is 18.4. The molecular formula is C21H26O4. The van der Waals surface area contributed by atoms with E-state index in [1.165, 1.54) is 0 Å². The summed E-state index contributed by atoms with van der Waals surface area (Å²) in [4.78, 5) is 11.4. The maximum atomic E-state index is 11.4. The number of rotatable bonds is 8. The van der Waals surface area contributed by atoms with E-state index in [1.807, 2.05) is 49.4 Å². The molecule has 0 aliphatic carbocycles. The molecule has 25 heavy (non-hydrogen) atoms. The molecule has 0 amide bonds. The predicted molar refractivity (Wildman–Crippen MR) is 98.8 cm³/mol. The van der Waals surface area contributed by atoms with Crippen LogP contribution < -0.4 is 14.2 Å². The molecule has 0 aromatic heterocycles. The van der Waals surface area contributed by atoms with Crippen molar-refractivity contribution in [2.45, 2.75) is 19.8 Å². The molecule has 0 saturated heterocycles. The van der Waals surface area contributed by atoms with E-state index >= 15 is 0 Å². The van der Waals surface area contributed by atoms with E-state index in [1.54, 1.807) is 21.3 Å². The largest absolute Gasteiger partial charge is 0.497 e. The average molecular weight is 342 g/mol. The number of methoxy groups -OCH3 is 3. The van der Waals surface area contributed by atoms with Crippen molar-refractivity contribution >= 4 is 6.29 Å². The first-order valence-corrected chi connectivity index (χ1v) is 8.36. The Kier molecular flexibility index (Phi) is 6.45. The number of hydrogen-bond donors (Lipinski definition) is 0. The van der Waals surface area contributed by atoms with Crippen LogP contribution >= 0.6 is 0 Å². The third-order valence-corrected chi connectivity index (χ3v) is 4.81. The molecule has 134 valence electrons. The molecule has 4 heteroatoms. The highest BCUT2D eigenvalue weighted by Gasteiger charge is 2.26. The Morgan fingerprint density at radius 1 is 0.800 bits per heavy atom. The number of benzene rings is 2. The molecule has 2 aromatic rings. The minimum absolute atomic E-state index is 0.0610. The maximum Gasteiger partial charge on any atom is 0.161 e. The zero-order valence-electron chi connectivity index (χ0n) is 15.5. The van der Waals surface area contributed by atoms with Gasteiger partial charge in [0.1, 0.15) is 12.0 Å². The van der Waals surface area contributed by atoms with E-state index in [9.17, 15) is 4.79 Å². The molecule has 0 N–H and O–H groups in total. The first-order chi connectivity index (χ1) is 12.0. The van der Waals surface area contributed by atoms with Gasteiger partial charge in [-0.25, -0.2) is 0 Å². The van der Waals surface area contributed by atoms with Crippen LogP contribution in [0.25, 0.3) is 0 Å². The van der Waals surface area contributed by atoms with Gasteiger partial charge in [0.05, 0.1) is 21.3 Å². The Balaban J connectivity index is 2.52. The topological polar surface area (TPSA) is 44.8 Å². The zero-order valence-corrected chi connectivity index (χ0v) is 15.5. The Labute approximate surface area is 149 Å². The molecule has 2 aromatic carbocycles. The van der Waals surface area contributed by atoms with Crippen LogP contribution in [0.4, 0.5) is 0 Å². The summed E-state index contributed by atoms with van der Waals surface area (Å²) in [5.74, 6) is 2.31. The van der Waals surface area contributed by atoms with Gasteiger partial charge in [0.15, 0.2) is 11.5 Å². The first kappa shape index (κ1) is 18.8. The minimum Gasteiger partial charge on any atom is -0.497 e. The molecule has 0 heterocycles. The number of hydrogen-bond acceptors (Lipinski definition) is 4. The Hall–Kier alpha value is -2.49. The molecule has 0 unspecified atom stereocenters. The molecule has 2 rings (SSSR count). The van der Waals surface area contributed by atoms with Gasteiger partial charge in [0.25, 0.3) is 0 Å². The Bertz CT molecular complexity index is 694. The van der Waals surface area contributed by atoms with Gasteiger partial charge < -0.3 is 19.0 Å². The van der Waals surface area contributed by atoms with E-state index in [0.29, 0.717) is 11.5 Å². The summed E-state index contributed by atoms with van der Waals surface area (Å²) in [6.45, 7) is 4.06. The molecule has 0 fully saturated rings. The van der Waals surface area contributed by atoms with Gasteiger partial charge in [-0.1, -0.05) is 32.0 Å². The van der Waals surface area contributed by atoms with Crippen LogP contribution in [0.2, 0.25) is 0 Å². The lowest BCUT2D eigenvalue weighted by Gasteiger charge is -2.28. The number of carbonyl (C=O) groups is 1. The van der Waals surface area contributed by atoms with Gasteiger partial charge in [0.2, 0.25) is 0 Å².